The second-order valence-corrected chi connectivity index (χ2v) is 9.26. The molecule has 1 aliphatic carbocycles. The van der Waals surface area contributed by atoms with Gasteiger partial charge in [0.2, 0.25) is 0 Å². The normalized spacial score (nSPS) is 24.2. The summed E-state index contributed by atoms with van der Waals surface area (Å²) in [5, 5.41) is 1.87. The molecule has 2 rings (SSSR count). The van der Waals surface area contributed by atoms with Crippen LogP contribution in [0.25, 0.3) is 0 Å². The zero-order valence-electron chi connectivity index (χ0n) is 8.68. The first kappa shape index (κ1) is 9.26. The highest BCUT2D eigenvalue weighted by molar-refractivity contribution is 6.88. The molecule has 1 saturated heterocycles. The second-order valence-electron chi connectivity index (χ2n) is 4.56. The Labute approximate surface area is 82.7 Å². The van der Waals surface area contributed by atoms with Crippen LogP contribution >= 0.6 is 0 Å². The maximum Gasteiger partial charge on any atom is 0.0819 e. The molecule has 0 nitrogen and oxygen atoms in total. The summed E-state index contributed by atoms with van der Waals surface area (Å²) in [7, 11) is -0.832. The van der Waals surface area contributed by atoms with E-state index in [4.69, 9.17) is 0 Å². The van der Waals surface area contributed by atoms with Crippen LogP contribution in [0.2, 0.25) is 18.1 Å². The minimum Gasteiger partial charge on any atom is -0.0809 e. The molecule has 0 unspecified atom stereocenters. The quantitative estimate of drug-likeness (QED) is 0.589. The molecule has 2 aliphatic rings. The fourth-order valence-electron chi connectivity index (χ4n) is 2.69. The van der Waals surface area contributed by atoms with Gasteiger partial charge in [-0.25, -0.2) is 0 Å². The van der Waals surface area contributed by atoms with Crippen LogP contribution in [0.3, 0.4) is 0 Å². The highest BCUT2D eigenvalue weighted by atomic mass is 28.3. The second kappa shape index (κ2) is 3.83. The first-order valence-electron chi connectivity index (χ1n) is 5.73. The smallest absolute Gasteiger partial charge is 0.0809 e. The van der Waals surface area contributed by atoms with Gasteiger partial charge >= 0.3 is 0 Å². The molecule has 1 heteroatoms. The third kappa shape index (κ3) is 1.67. The fraction of sp³-hybridized carbons (Fsp3) is 0.667. The number of allylic oxidation sites excluding steroid dienone is 4. The van der Waals surface area contributed by atoms with Gasteiger partial charge in [0, 0.05) is 0 Å². The van der Waals surface area contributed by atoms with Crippen molar-refractivity contribution >= 4 is 8.07 Å². The Morgan fingerprint density at radius 1 is 1.38 bits per heavy atom. The lowest BCUT2D eigenvalue weighted by molar-refractivity contribution is 0.805. The molecule has 13 heavy (non-hydrogen) atoms. The summed E-state index contributed by atoms with van der Waals surface area (Å²) >= 11 is 0. The van der Waals surface area contributed by atoms with Crippen molar-refractivity contribution in [1.29, 1.82) is 0 Å². The molecule has 0 N–H and O–H groups in total. The van der Waals surface area contributed by atoms with E-state index in [2.05, 4.69) is 25.2 Å². The molecule has 1 fully saturated rings. The van der Waals surface area contributed by atoms with Gasteiger partial charge in [0.05, 0.1) is 8.07 Å². The van der Waals surface area contributed by atoms with Crippen molar-refractivity contribution in [3.05, 3.63) is 23.4 Å². The van der Waals surface area contributed by atoms with E-state index in [1.165, 1.54) is 25.7 Å². The van der Waals surface area contributed by atoms with Crippen molar-refractivity contribution in [2.24, 2.45) is 0 Å². The lowest BCUT2D eigenvalue weighted by Gasteiger charge is -2.41. The van der Waals surface area contributed by atoms with Gasteiger partial charge in [-0.2, -0.15) is 0 Å². The molecule has 0 amide bonds. The minimum absolute atomic E-state index is 0.832. The molecule has 0 radical (unpaired) electrons. The predicted octanol–water partition coefficient (Wildman–Crippen LogP) is 4.06. The number of hydrogen-bond acceptors (Lipinski definition) is 0. The Balaban J connectivity index is 1.98. The van der Waals surface area contributed by atoms with Crippen LogP contribution < -0.4 is 0 Å². The number of hydrogen-bond donors (Lipinski definition) is 0. The van der Waals surface area contributed by atoms with Crippen molar-refractivity contribution < 1.29 is 0 Å². The summed E-state index contributed by atoms with van der Waals surface area (Å²) in [4.78, 5) is 0. The summed E-state index contributed by atoms with van der Waals surface area (Å²) in [6.45, 7) is 2.32. The van der Waals surface area contributed by atoms with E-state index in [-0.39, 0.29) is 0 Å². The largest absolute Gasteiger partial charge is 0.0819 e. The standard InChI is InChI=1S/C12H20Si/c1-2-3-9-13(10-6-11-13)12-7-4-5-8-12/h4-5,7H,2-3,6,8-11H2,1H3. The molecule has 0 aromatic rings. The van der Waals surface area contributed by atoms with Crippen LogP contribution in [0.4, 0.5) is 0 Å². The Morgan fingerprint density at radius 3 is 2.69 bits per heavy atom. The van der Waals surface area contributed by atoms with E-state index in [1.807, 2.05) is 5.20 Å². The Kier molecular flexibility index (Phi) is 2.73. The summed E-state index contributed by atoms with van der Waals surface area (Å²) in [5.41, 5.74) is 0. The molecule has 0 atom stereocenters. The van der Waals surface area contributed by atoms with E-state index in [9.17, 15) is 0 Å². The van der Waals surface area contributed by atoms with Gasteiger partial charge in [-0.05, 0) is 6.42 Å². The van der Waals surface area contributed by atoms with Crippen LogP contribution in [-0.4, -0.2) is 8.07 Å². The minimum atomic E-state index is -0.832. The molecule has 0 bridgehead atoms. The number of rotatable bonds is 4. The van der Waals surface area contributed by atoms with Crippen molar-refractivity contribution in [2.75, 3.05) is 0 Å². The maximum absolute atomic E-state index is 2.43. The lowest BCUT2D eigenvalue weighted by Crippen LogP contribution is -2.43. The van der Waals surface area contributed by atoms with Crippen molar-refractivity contribution in [3.63, 3.8) is 0 Å². The van der Waals surface area contributed by atoms with Gasteiger partial charge in [-0.15, -0.1) is 0 Å². The zero-order valence-corrected chi connectivity index (χ0v) is 9.68. The average Bonchev–Trinajstić information content (AvgIpc) is 2.56. The predicted molar refractivity (Wildman–Crippen MR) is 61.5 cm³/mol. The van der Waals surface area contributed by atoms with E-state index in [0.717, 1.165) is 0 Å². The molecular formula is C12H20Si. The summed E-state index contributed by atoms with van der Waals surface area (Å²) in [6.07, 6.45) is 12.7. The average molecular weight is 192 g/mol. The first-order valence-corrected chi connectivity index (χ1v) is 8.36. The zero-order chi connectivity index (χ0) is 9.15. The molecule has 1 aliphatic heterocycles. The molecule has 72 valence electrons. The van der Waals surface area contributed by atoms with E-state index in [1.54, 1.807) is 18.1 Å². The summed E-state index contributed by atoms with van der Waals surface area (Å²) in [6, 6.07) is 4.78. The Hall–Kier alpha value is -0.303. The molecule has 0 aromatic carbocycles. The maximum atomic E-state index is 2.43. The van der Waals surface area contributed by atoms with Crippen LogP contribution in [0, 0.1) is 0 Å². The Bertz CT molecular complexity index is 234. The molecule has 0 spiro atoms. The van der Waals surface area contributed by atoms with E-state index in [0.29, 0.717) is 0 Å². The molecule has 0 aromatic heterocycles. The monoisotopic (exact) mass is 192 g/mol. The van der Waals surface area contributed by atoms with Crippen LogP contribution in [0.15, 0.2) is 23.4 Å². The van der Waals surface area contributed by atoms with Crippen molar-refractivity contribution in [1.82, 2.24) is 0 Å². The third-order valence-electron chi connectivity index (χ3n) is 3.77. The van der Waals surface area contributed by atoms with E-state index < -0.39 is 8.07 Å². The third-order valence-corrected chi connectivity index (χ3v) is 9.44. The highest BCUT2D eigenvalue weighted by Gasteiger charge is 2.41. The van der Waals surface area contributed by atoms with Gasteiger partial charge in [0.15, 0.2) is 0 Å². The van der Waals surface area contributed by atoms with Gasteiger partial charge in [0.25, 0.3) is 0 Å². The summed E-state index contributed by atoms with van der Waals surface area (Å²) < 4.78 is 0. The van der Waals surface area contributed by atoms with Gasteiger partial charge < -0.3 is 0 Å². The SMILES string of the molecule is CCCC[Si]1(C2=CC=CC2)CCC1. The Morgan fingerprint density at radius 2 is 2.23 bits per heavy atom. The van der Waals surface area contributed by atoms with Crippen LogP contribution in [0.1, 0.15) is 32.6 Å². The lowest BCUT2D eigenvalue weighted by atomic mass is 10.4. The first-order chi connectivity index (χ1) is 6.37. The van der Waals surface area contributed by atoms with Gasteiger partial charge in [0.1, 0.15) is 0 Å². The summed E-state index contributed by atoms with van der Waals surface area (Å²) in [5.74, 6) is 0. The topological polar surface area (TPSA) is 0 Å². The van der Waals surface area contributed by atoms with Crippen LogP contribution in [0.5, 0.6) is 0 Å². The van der Waals surface area contributed by atoms with Crippen LogP contribution in [-0.2, 0) is 0 Å². The molecular weight excluding hydrogens is 172 g/mol. The molecule has 1 heterocycles. The highest BCUT2D eigenvalue weighted by Crippen LogP contribution is 2.44. The van der Waals surface area contributed by atoms with E-state index >= 15 is 0 Å². The van der Waals surface area contributed by atoms with Crippen molar-refractivity contribution in [3.8, 4) is 0 Å². The fourth-order valence-corrected chi connectivity index (χ4v) is 7.39. The van der Waals surface area contributed by atoms with Crippen molar-refractivity contribution in [2.45, 2.75) is 50.7 Å². The number of unbranched alkanes of at least 4 members (excludes halogenated alkanes) is 1. The van der Waals surface area contributed by atoms with Gasteiger partial charge in [-0.1, -0.05) is 67.7 Å². The van der Waals surface area contributed by atoms with Gasteiger partial charge in [-0.3, -0.25) is 0 Å². The molecule has 0 saturated carbocycles.